The molecule has 2 rings (SSSR count). The van der Waals surface area contributed by atoms with E-state index in [0.717, 1.165) is 18.7 Å². The fourth-order valence-corrected chi connectivity index (χ4v) is 1.82. The maximum atomic E-state index is 5.88. The first-order chi connectivity index (χ1) is 6.77. The lowest BCUT2D eigenvalue weighted by Gasteiger charge is -2.22. The van der Waals surface area contributed by atoms with E-state index in [2.05, 4.69) is 15.5 Å². The van der Waals surface area contributed by atoms with E-state index in [9.17, 15) is 0 Å². The Kier molecular flexibility index (Phi) is 2.84. The highest BCUT2D eigenvalue weighted by Crippen LogP contribution is 2.24. The van der Waals surface area contributed by atoms with Crippen LogP contribution in [0.15, 0.2) is 6.07 Å². The van der Waals surface area contributed by atoms with Crippen molar-refractivity contribution in [2.24, 2.45) is 0 Å². The summed E-state index contributed by atoms with van der Waals surface area (Å²) in [7, 11) is 0. The Balaban J connectivity index is 2.18. The van der Waals surface area contributed by atoms with Crippen molar-refractivity contribution in [1.82, 2.24) is 15.5 Å². The number of hydrogen-bond donors (Lipinski definition) is 2. The van der Waals surface area contributed by atoms with Crippen molar-refractivity contribution in [2.45, 2.75) is 25.3 Å². The Morgan fingerprint density at radius 3 is 2.93 bits per heavy atom. The molecule has 0 spiro atoms. The van der Waals surface area contributed by atoms with E-state index in [1.165, 1.54) is 12.8 Å². The van der Waals surface area contributed by atoms with Crippen LogP contribution < -0.4 is 11.1 Å². The fourth-order valence-electron chi connectivity index (χ4n) is 1.67. The molecule has 0 saturated carbocycles. The number of aromatic nitrogens is 2. The van der Waals surface area contributed by atoms with Crippen molar-refractivity contribution in [3.63, 3.8) is 0 Å². The average Bonchev–Trinajstić information content (AvgIpc) is 2.23. The molecule has 2 heterocycles. The lowest BCUT2D eigenvalue weighted by atomic mass is 10.0. The summed E-state index contributed by atoms with van der Waals surface area (Å²) in [4.78, 5) is 0. The molecule has 1 fully saturated rings. The predicted octanol–water partition coefficient (Wildman–Crippen LogP) is 1.53. The van der Waals surface area contributed by atoms with Gasteiger partial charge in [-0.3, -0.25) is 0 Å². The number of nitrogens with two attached hydrogens (primary N) is 1. The van der Waals surface area contributed by atoms with Gasteiger partial charge in [-0.1, -0.05) is 18.0 Å². The molecule has 0 radical (unpaired) electrons. The number of nitrogen functional groups attached to an aromatic ring is 1. The normalized spacial score (nSPS) is 22.2. The molecule has 0 aliphatic carbocycles. The van der Waals surface area contributed by atoms with Crippen LogP contribution in [0.25, 0.3) is 0 Å². The quantitative estimate of drug-likeness (QED) is 0.741. The number of anilines is 1. The van der Waals surface area contributed by atoms with Crippen LogP contribution in [0, 0.1) is 0 Å². The Labute approximate surface area is 87.9 Å². The number of piperidine rings is 1. The van der Waals surface area contributed by atoms with Crippen molar-refractivity contribution >= 4 is 17.4 Å². The van der Waals surface area contributed by atoms with E-state index in [1.54, 1.807) is 6.07 Å². The highest BCUT2D eigenvalue weighted by atomic mass is 35.5. The lowest BCUT2D eigenvalue weighted by molar-refractivity contribution is 0.403. The van der Waals surface area contributed by atoms with Crippen LogP contribution in [0.5, 0.6) is 0 Å². The first-order valence-electron chi connectivity index (χ1n) is 4.79. The third kappa shape index (κ3) is 1.96. The van der Waals surface area contributed by atoms with E-state index in [0.29, 0.717) is 10.8 Å². The van der Waals surface area contributed by atoms with Gasteiger partial charge < -0.3 is 11.1 Å². The molecule has 1 unspecified atom stereocenters. The molecule has 1 aliphatic rings. The van der Waals surface area contributed by atoms with Crippen molar-refractivity contribution in [3.8, 4) is 0 Å². The first kappa shape index (κ1) is 9.68. The summed E-state index contributed by atoms with van der Waals surface area (Å²) in [5.74, 6) is 0.297. The largest absolute Gasteiger partial charge is 0.381 e. The molecule has 1 aromatic heterocycles. The Hall–Kier alpha value is -0.870. The van der Waals surface area contributed by atoms with Crippen LogP contribution in [-0.2, 0) is 0 Å². The Morgan fingerprint density at radius 1 is 1.43 bits per heavy atom. The van der Waals surface area contributed by atoms with Crippen LogP contribution >= 0.6 is 11.6 Å². The molecule has 1 atom stereocenters. The van der Waals surface area contributed by atoms with Gasteiger partial charge in [0.2, 0.25) is 0 Å². The topological polar surface area (TPSA) is 63.8 Å². The number of halogens is 1. The molecule has 1 aromatic rings. The second kappa shape index (κ2) is 4.11. The summed E-state index contributed by atoms with van der Waals surface area (Å²) >= 11 is 5.88. The lowest BCUT2D eigenvalue weighted by Crippen LogP contribution is -2.27. The average molecular weight is 213 g/mol. The van der Waals surface area contributed by atoms with Crippen LogP contribution in [-0.4, -0.2) is 16.7 Å². The summed E-state index contributed by atoms with van der Waals surface area (Å²) in [5.41, 5.74) is 6.38. The third-order valence-electron chi connectivity index (χ3n) is 2.46. The molecule has 0 amide bonds. The molecular weight excluding hydrogens is 200 g/mol. The summed E-state index contributed by atoms with van der Waals surface area (Å²) in [6.07, 6.45) is 3.54. The van der Waals surface area contributed by atoms with Gasteiger partial charge >= 0.3 is 0 Å². The van der Waals surface area contributed by atoms with Crippen LogP contribution in [0.2, 0.25) is 5.02 Å². The van der Waals surface area contributed by atoms with E-state index < -0.39 is 0 Å². The van der Waals surface area contributed by atoms with Gasteiger partial charge in [0.15, 0.2) is 5.82 Å². The maximum absolute atomic E-state index is 5.88. The van der Waals surface area contributed by atoms with Crippen molar-refractivity contribution in [3.05, 3.63) is 16.8 Å². The second-order valence-electron chi connectivity index (χ2n) is 3.50. The fraction of sp³-hybridized carbons (Fsp3) is 0.556. The van der Waals surface area contributed by atoms with E-state index in [4.69, 9.17) is 17.3 Å². The molecule has 76 valence electrons. The first-order valence-corrected chi connectivity index (χ1v) is 5.17. The number of nitrogens with one attached hydrogen (secondary N) is 1. The molecule has 4 nitrogen and oxygen atoms in total. The van der Waals surface area contributed by atoms with Gasteiger partial charge in [0.05, 0.1) is 16.8 Å². The highest BCUT2D eigenvalue weighted by molar-refractivity contribution is 6.32. The van der Waals surface area contributed by atoms with Crippen LogP contribution in [0.3, 0.4) is 0 Å². The minimum Gasteiger partial charge on any atom is -0.381 e. The molecule has 1 aliphatic heterocycles. The van der Waals surface area contributed by atoms with E-state index in [-0.39, 0.29) is 6.04 Å². The van der Waals surface area contributed by atoms with Crippen molar-refractivity contribution in [1.29, 1.82) is 0 Å². The zero-order chi connectivity index (χ0) is 9.97. The van der Waals surface area contributed by atoms with Crippen molar-refractivity contribution in [2.75, 3.05) is 12.3 Å². The summed E-state index contributed by atoms with van der Waals surface area (Å²) in [5, 5.41) is 11.7. The zero-order valence-corrected chi connectivity index (χ0v) is 8.59. The maximum Gasteiger partial charge on any atom is 0.164 e. The smallest absolute Gasteiger partial charge is 0.164 e. The molecule has 1 saturated heterocycles. The van der Waals surface area contributed by atoms with Crippen LogP contribution in [0.1, 0.15) is 31.0 Å². The number of nitrogens with zero attached hydrogens (tertiary/aromatic N) is 2. The number of rotatable bonds is 1. The van der Waals surface area contributed by atoms with Gasteiger partial charge in [0, 0.05) is 0 Å². The Morgan fingerprint density at radius 2 is 2.29 bits per heavy atom. The summed E-state index contributed by atoms with van der Waals surface area (Å²) in [6, 6.07) is 2.08. The zero-order valence-electron chi connectivity index (χ0n) is 7.83. The van der Waals surface area contributed by atoms with Gasteiger partial charge in [-0.05, 0) is 25.5 Å². The van der Waals surface area contributed by atoms with Crippen LogP contribution in [0.4, 0.5) is 5.82 Å². The van der Waals surface area contributed by atoms with Gasteiger partial charge in [0.1, 0.15) is 0 Å². The number of hydrogen-bond acceptors (Lipinski definition) is 4. The Bertz CT molecular complexity index is 323. The molecule has 0 aromatic carbocycles. The summed E-state index contributed by atoms with van der Waals surface area (Å²) in [6.45, 7) is 1.04. The highest BCUT2D eigenvalue weighted by Gasteiger charge is 2.17. The predicted molar refractivity (Wildman–Crippen MR) is 56.0 cm³/mol. The molecule has 3 N–H and O–H groups in total. The van der Waals surface area contributed by atoms with E-state index in [1.807, 2.05) is 0 Å². The second-order valence-corrected chi connectivity index (χ2v) is 3.91. The molecular formula is C9H13ClN4. The minimum absolute atomic E-state index is 0.286. The van der Waals surface area contributed by atoms with Gasteiger partial charge in [-0.25, -0.2) is 0 Å². The summed E-state index contributed by atoms with van der Waals surface area (Å²) < 4.78 is 0. The minimum atomic E-state index is 0.286. The SMILES string of the molecule is Nc1nnc(C2CCCCN2)cc1Cl. The third-order valence-corrected chi connectivity index (χ3v) is 2.76. The standard InChI is InChI=1S/C9H13ClN4/c10-6-5-8(13-14-9(6)11)7-3-1-2-4-12-7/h5,7,12H,1-4H2,(H2,11,14). The van der Waals surface area contributed by atoms with Gasteiger partial charge in [-0.15, -0.1) is 5.10 Å². The monoisotopic (exact) mass is 212 g/mol. The van der Waals surface area contributed by atoms with Gasteiger partial charge in [-0.2, -0.15) is 5.10 Å². The molecule has 14 heavy (non-hydrogen) atoms. The molecule has 5 heteroatoms. The van der Waals surface area contributed by atoms with Crippen molar-refractivity contribution < 1.29 is 0 Å². The van der Waals surface area contributed by atoms with E-state index >= 15 is 0 Å². The van der Waals surface area contributed by atoms with Gasteiger partial charge in [0.25, 0.3) is 0 Å². The molecule has 0 bridgehead atoms.